The molecule has 0 amide bonds. The SMILES string of the molecule is CCOC(=O)/C(C)=N/Nc1cccc(Cl)c1. The second-order valence-corrected chi connectivity index (χ2v) is 3.48. The first kappa shape index (κ1) is 12.5. The van der Waals surface area contributed by atoms with Gasteiger partial charge in [0.2, 0.25) is 0 Å². The fourth-order valence-corrected chi connectivity index (χ4v) is 1.18. The summed E-state index contributed by atoms with van der Waals surface area (Å²) in [5.41, 5.74) is 3.71. The summed E-state index contributed by atoms with van der Waals surface area (Å²) in [7, 11) is 0. The summed E-state index contributed by atoms with van der Waals surface area (Å²) in [4.78, 5) is 11.2. The van der Waals surface area contributed by atoms with Crippen molar-refractivity contribution in [2.24, 2.45) is 5.10 Å². The molecular formula is C11H13ClN2O2. The number of hydrogen-bond acceptors (Lipinski definition) is 4. The van der Waals surface area contributed by atoms with Crippen molar-refractivity contribution in [3.8, 4) is 0 Å². The first-order chi connectivity index (χ1) is 7.63. The van der Waals surface area contributed by atoms with Gasteiger partial charge in [-0.05, 0) is 32.0 Å². The van der Waals surface area contributed by atoms with E-state index in [2.05, 4.69) is 10.5 Å². The zero-order chi connectivity index (χ0) is 12.0. The van der Waals surface area contributed by atoms with E-state index in [-0.39, 0.29) is 5.71 Å². The Morgan fingerprint density at radius 2 is 2.31 bits per heavy atom. The summed E-state index contributed by atoms with van der Waals surface area (Å²) in [6, 6.07) is 7.06. The highest BCUT2D eigenvalue weighted by Gasteiger charge is 2.05. The summed E-state index contributed by atoms with van der Waals surface area (Å²) in [5, 5.41) is 4.49. The molecule has 0 aliphatic carbocycles. The number of ether oxygens (including phenoxy) is 1. The summed E-state index contributed by atoms with van der Waals surface area (Å²) in [6.45, 7) is 3.66. The van der Waals surface area contributed by atoms with Gasteiger partial charge in [-0.3, -0.25) is 5.43 Å². The lowest BCUT2D eigenvalue weighted by atomic mass is 10.3. The van der Waals surface area contributed by atoms with E-state index in [1.54, 1.807) is 38.1 Å². The van der Waals surface area contributed by atoms with Gasteiger partial charge in [0.15, 0.2) is 0 Å². The van der Waals surface area contributed by atoms with Gasteiger partial charge in [0.25, 0.3) is 0 Å². The van der Waals surface area contributed by atoms with Crippen molar-refractivity contribution in [2.75, 3.05) is 12.0 Å². The number of nitrogens with zero attached hydrogens (tertiary/aromatic N) is 1. The predicted molar refractivity (Wildman–Crippen MR) is 64.8 cm³/mol. The highest BCUT2D eigenvalue weighted by molar-refractivity contribution is 6.35. The number of carbonyl (C=O) groups is 1. The van der Waals surface area contributed by atoms with Gasteiger partial charge in [0.05, 0.1) is 12.3 Å². The predicted octanol–water partition coefficient (Wildman–Crippen LogP) is 2.69. The van der Waals surface area contributed by atoms with Crippen molar-refractivity contribution in [3.05, 3.63) is 29.3 Å². The van der Waals surface area contributed by atoms with E-state index in [4.69, 9.17) is 16.3 Å². The molecule has 0 spiro atoms. The molecule has 5 heteroatoms. The molecule has 1 N–H and O–H groups in total. The lowest BCUT2D eigenvalue weighted by molar-refractivity contribution is -0.135. The number of halogens is 1. The van der Waals surface area contributed by atoms with Crippen LogP contribution in [0.5, 0.6) is 0 Å². The van der Waals surface area contributed by atoms with Crippen molar-refractivity contribution < 1.29 is 9.53 Å². The molecule has 0 aliphatic rings. The van der Waals surface area contributed by atoms with Crippen LogP contribution in [0.25, 0.3) is 0 Å². The van der Waals surface area contributed by atoms with Crippen molar-refractivity contribution in [1.29, 1.82) is 0 Å². The van der Waals surface area contributed by atoms with Crippen LogP contribution in [0.1, 0.15) is 13.8 Å². The summed E-state index contributed by atoms with van der Waals surface area (Å²) >= 11 is 5.79. The number of nitrogens with one attached hydrogen (secondary N) is 1. The fourth-order valence-electron chi connectivity index (χ4n) is 0.988. The Hall–Kier alpha value is -1.55. The van der Waals surface area contributed by atoms with Crippen molar-refractivity contribution in [2.45, 2.75) is 13.8 Å². The maximum Gasteiger partial charge on any atom is 0.354 e. The van der Waals surface area contributed by atoms with E-state index in [9.17, 15) is 4.79 Å². The number of hydrazone groups is 1. The minimum Gasteiger partial charge on any atom is -0.461 e. The molecule has 16 heavy (non-hydrogen) atoms. The zero-order valence-corrected chi connectivity index (χ0v) is 9.91. The molecule has 0 heterocycles. The number of rotatable bonds is 4. The Labute approximate surface area is 99.2 Å². The van der Waals surface area contributed by atoms with Gasteiger partial charge in [-0.1, -0.05) is 17.7 Å². The third-order valence-corrected chi connectivity index (χ3v) is 1.98. The molecule has 0 atom stereocenters. The normalized spacial score (nSPS) is 11.1. The maximum atomic E-state index is 11.2. The van der Waals surface area contributed by atoms with Crippen molar-refractivity contribution >= 4 is 29.0 Å². The molecule has 0 bridgehead atoms. The van der Waals surface area contributed by atoms with E-state index in [1.807, 2.05) is 0 Å². The lowest BCUT2D eigenvalue weighted by Crippen LogP contribution is -2.15. The Bertz CT molecular complexity index is 405. The monoisotopic (exact) mass is 240 g/mol. The van der Waals surface area contributed by atoms with Crippen LogP contribution >= 0.6 is 11.6 Å². The minimum atomic E-state index is -0.433. The summed E-state index contributed by atoms with van der Waals surface area (Å²) < 4.78 is 4.78. The van der Waals surface area contributed by atoms with Crippen LogP contribution in [-0.4, -0.2) is 18.3 Å². The number of anilines is 1. The van der Waals surface area contributed by atoms with Gasteiger partial charge in [0, 0.05) is 5.02 Å². The van der Waals surface area contributed by atoms with Gasteiger partial charge >= 0.3 is 5.97 Å². The first-order valence-corrected chi connectivity index (χ1v) is 5.24. The zero-order valence-electron chi connectivity index (χ0n) is 9.16. The van der Waals surface area contributed by atoms with E-state index >= 15 is 0 Å². The molecule has 1 rings (SSSR count). The molecule has 0 unspecified atom stereocenters. The van der Waals surface area contributed by atoms with Gasteiger partial charge in [0.1, 0.15) is 5.71 Å². The van der Waals surface area contributed by atoms with Gasteiger partial charge < -0.3 is 4.74 Å². The average molecular weight is 241 g/mol. The summed E-state index contributed by atoms with van der Waals surface area (Å²) in [6.07, 6.45) is 0. The molecule has 4 nitrogen and oxygen atoms in total. The molecule has 86 valence electrons. The van der Waals surface area contributed by atoms with Crippen molar-refractivity contribution in [1.82, 2.24) is 0 Å². The van der Waals surface area contributed by atoms with Crippen molar-refractivity contribution in [3.63, 3.8) is 0 Å². The molecule has 0 aromatic heterocycles. The van der Waals surface area contributed by atoms with Crippen LogP contribution in [0.2, 0.25) is 5.02 Å². The average Bonchev–Trinajstić information content (AvgIpc) is 2.26. The maximum absolute atomic E-state index is 11.2. The van der Waals surface area contributed by atoms with Crippen LogP contribution in [0.3, 0.4) is 0 Å². The highest BCUT2D eigenvalue weighted by Crippen LogP contribution is 2.14. The largest absolute Gasteiger partial charge is 0.461 e. The number of esters is 1. The topological polar surface area (TPSA) is 50.7 Å². The molecular weight excluding hydrogens is 228 g/mol. The first-order valence-electron chi connectivity index (χ1n) is 4.86. The third kappa shape index (κ3) is 3.90. The Morgan fingerprint density at radius 3 is 2.94 bits per heavy atom. The minimum absolute atomic E-state index is 0.266. The van der Waals surface area contributed by atoms with E-state index in [0.29, 0.717) is 11.6 Å². The highest BCUT2D eigenvalue weighted by atomic mass is 35.5. The molecule has 0 radical (unpaired) electrons. The molecule has 1 aromatic carbocycles. The summed E-state index contributed by atoms with van der Waals surface area (Å²) in [5.74, 6) is -0.433. The molecule has 0 fully saturated rings. The second-order valence-electron chi connectivity index (χ2n) is 3.04. The van der Waals surface area contributed by atoms with E-state index in [1.165, 1.54) is 0 Å². The van der Waals surface area contributed by atoms with Crippen LogP contribution in [0, 0.1) is 0 Å². The molecule has 0 saturated heterocycles. The van der Waals surface area contributed by atoms with Gasteiger partial charge in [-0.25, -0.2) is 4.79 Å². The van der Waals surface area contributed by atoms with Crippen LogP contribution < -0.4 is 5.43 Å². The van der Waals surface area contributed by atoms with Gasteiger partial charge in [-0.2, -0.15) is 5.10 Å². The number of benzene rings is 1. The number of carbonyl (C=O) groups excluding carboxylic acids is 1. The Morgan fingerprint density at radius 1 is 1.56 bits per heavy atom. The van der Waals surface area contributed by atoms with E-state index in [0.717, 1.165) is 5.69 Å². The van der Waals surface area contributed by atoms with Crippen LogP contribution in [0.15, 0.2) is 29.4 Å². The molecule has 1 aromatic rings. The fraction of sp³-hybridized carbons (Fsp3) is 0.273. The smallest absolute Gasteiger partial charge is 0.354 e. The number of hydrogen-bond donors (Lipinski definition) is 1. The second kappa shape index (κ2) is 6.12. The third-order valence-electron chi connectivity index (χ3n) is 1.75. The quantitative estimate of drug-likeness (QED) is 0.500. The van der Waals surface area contributed by atoms with Crippen LogP contribution in [-0.2, 0) is 9.53 Å². The van der Waals surface area contributed by atoms with Crippen LogP contribution in [0.4, 0.5) is 5.69 Å². The molecule has 0 aliphatic heterocycles. The molecule has 0 saturated carbocycles. The van der Waals surface area contributed by atoms with E-state index < -0.39 is 5.97 Å². The Balaban J connectivity index is 2.62. The standard InChI is InChI=1S/C11H13ClN2O2/c1-3-16-11(15)8(2)13-14-10-6-4-5-9(12)7-10/h4-7,14H,3H2,1-2H3/b13-8+. The Kier molecular flexibility index (Phi) is 4.79. The lowest BCUT2D eigenvalue weighted by Gasteiger charge is -2.03. The van der Waals surface area contributed by atoms with Gasteiger partial charge in [-0.15, -0.1) is 0 Å².